The number of aryl methyl sites for hydroxylation is 1. The van der Waals surface area contributed by atoms with Gasteiger partial charge in [-0.25, -0.2) is 13.4 Å². The summed E-state index contributed by atoms with van der Waals surface area (Å²) in [4.78, 5) is 7.13. The Kier molecular flexibility index (Phi) is 5.15. The van der Waals surface area contributed by atoms with Gasteiger partial charge in [-0.2, -0.15) is 4.52 Å². The minimum absolute atomic E-state index is 0.133. The molecule has 0 aliphatic heterocycles. The number of benzene rings is 2. The average molecular weight is 464 g/mol. The third-order valence-corrected chi connectivity index (χ3v) is 7.95. The van der Waals surface area contributed by atoms with E-state index in [1.807, 2.05) is 36.6 Å². The Morgan fingerprint density at radius 1 is 1.03 bits per heavy atom. The number of nitrogens with zero attached hydrogens (tertiary/aromatic N) is 5. The van der Waals surface area contributed by atoms with Crippen molar-refractivity contribution in [2.24, 2.45) is 0 Å². The molecule has 32 heavy (non-hydrogen) atoms. The summed E-state index contributed by atoms with van der Waals surface area (Å²) in [6, 6.07) is 18.8. The molecule has 7 nitrogen and oxygen atoms in total. The molecule has 3 aromatic heterocycles. The maximum absolute atomic E-state index is 13.4. The Bertz CT molecular complexity index is 1510. The van der Waals surface area contributed by atoms with E-state index >= 15 is 0 Å². The molecular weight excluding hydrogens is 442 g/mol. The first-order valence-corrected chi connectivity index (χ1v) is 12.6. The highest BCUT2D eigenvalue weighted by molar-refractivity contribution is 7.91. The highest BCUT2D eigenvalue weighted by Crippen LogP contribution is 2.33. The van der Waals surface area contributed by atoms with Gasteiger partial charge in [-0.1, -0.05) is 53.2 Å². The molecule has 0 bridgehead atoms. The summed E-state index contributed by atoms with van der Waals surface area (Å²) in [5.41, 5.74) is 3.16. The Morgan fingerprint density at radius 2 is 1.78 bits per heavy atom. The van der Waals surface area contributed by atoms with E-state index in [4.69, 9.17) is 4.98 Å². The quantitative estimate of drug-likeness (QED) is 0.369. The van der Waals surface area contributed by atoms with Gasteiger partial charge in [0.1, 0.15) is 0 Å². The zero-order chi connectivity index (χ0) is 22.3. The Hall–Kier alpha value is -3.30. The van der Waals surface area contributed by atoms with Crippen LogP contribution in [-0.4, -0.2) is 34.8 Å². The van der Waals surface area contributed by atoms with Gasteiger partial charge in [0.05, 0.1) is 15.1 Å². The average Bonchev–Trinajstić information content (AvgIpc) is 3.45. The lowest BCUT2D eigenvalue weighted by molar-refractivity contribution is 0.592. The lowest BCUT2D eigenvalue weighted by atomic mass is 10.2. The SMILES string of the molecule is CCN(Cc1ccccc1)c1nc2c(S(=O)(=O)c3ccc(C)cc3)nnn2c2ccsc12. The van der Waals surface area contributed by atoms with Crippen LogP contribution in [0.5, 0.6) is 0 Å². The van der Waals surface area contributed by atoms with Crippen molar-refractivity contribution in [3.63, 3.8) is 0 Å². The fourth-order valence-corrected chi connectivity index (χ4v) is 5.79. The van der Waals surface area contributed by atoms with Gasteiger partial charge < -0.3 is 4.90 Å². The largest absolute Gasteiger partial charge is 0.351 e. The molecule has 9 heteroatoms. The Morgan fingerprint density at radius 3 is 2.50 bits per heavy atom. The molecule has 0 radical (unpaired) electrons. The standard InChI is InChI=1S/C23H21N5O2S2/c1-3-27(15-17-7-5-4-6-8-17)21-20-19(13-14-31-20)28-22(24-21)23(25-26-28)32(29,30)18-11-9-16(2)10-12-18/h4-14H,3,15H2,1-2H3. The molecule has 0 spiro atoms. The van der Waals surface area contributed by atoms with E-state index in [9.17, 15) is 8.42 Å². The molecule has 0 saturated heterocycles. The third-order valence-electron chi connectivity index (χ3n) is 5.39. The topological polar surface area (TPSA) is 80.5 Å². The van der Waals surface area contributed by atoms with Gasteiger partial charge in [0.2, 0.25) is 14.9 Å². The van der Waals surface area contributed by atoms with E-state index in [2.05, 4.69) is 34.3 Å². The maximum Gasteiger partial charge on any atom is 0.229 e. The first-order chi connectivity index (χ1) is 15.5. The molecule has 0 N–H and O–H groups in total. The second-order valence-electron chi connectivity index (χ2n) is 7.52. The highest BCUT2D eigenvalue weighted by Gasteiger charge is 2.28. The van der Waals surface area contributed by atoms with E-state index in [0.29, 0.717) is 13.1 Å². The summed E-state index contributed by atoms with van der Waals surface area (Å²) in [7, 11) is -3.87. The second-order valence-corrected chi connectivity index (χ2v) is 10.3. The number of anilines is 1. The summed E-state index contributed by atoms with van der Waals surface area (Å²) < 4.78 is 29.2. The number of fused-ring (bicyclic) bond motifs is 3. The predicted octanol–water partition coefficient (Wildman–Crippen LogP) is 4.51. The van der Waals surface area contributed by atoms with E-state index < -0.39 is 9.84 Å². The summed E-state index contributed by atoms with van der Waals surface area (Å²) in [6.07, 6.45) is 0. The third kappa shape index (κ3) is 3.43. The summed E-state index contributed by atoms with van der Waals surface area (Å²) in [6.45, 7) is 5.35. The van der Waals surface area contributed by atoms with Crippen LogP contribution < -0.4 is 4.90 Å². The van der Waals surface area contributed by atoms with Gasteiger partial charge in [0.25, 0.3) is 0 Å². The molecule has 3 heterocycles. The van der Waals surface area contributed by atoms with Crippen molar-refractivity contribution in [1.82, 2.24) is 19.8 Å². The molecule has 2 aromatic carbocycles. The summed E-state index contributed by atoms with van der Waals surface area (Å²) in [5.74, 6) is 0.733. The van der Waals surface area contributed by atoms with E-state index in [0.717, 1.165) is 27.2 Å². The number of aromatic nitrogens is 4. The maximum atomic E-state index is 13.4. The number of thiophene rings is 1. The molecule has 5 rings (SSSR count). The molecule has 0 aliphatic rings. The van der Waals surface area contributed by atoms with Crippen molar-refractivity contribution < 1.29 is 8.42 Å². The van der Waals surface area contributed by atoms with Gasteiger partial charge in [0.15, 0.2) is 11.5 Å². The van der Waals surface area contributed by atoms with Gasteiger partial charge in [0, 0.05) is 13.1 Å². The molecule has 0 amide bonds. The van der Waals surface area contributed by atoms with E-state index in [1.165, 1.54) is 4.52 Å². The second kappa shape index (κ2) is 7.99. The van der Waals surface area contributed by atoms with Crippen LogP contribution in [0.25, 0.3) is 15.9 Å². The molecule has 0 aliphatic carbocycles. The van der Waals surface area contributed by atoms with Crippen LogP contribution in [0.4, 0.5) is 5.82 Å². The van der Waals surface area contributed by atoms with Crippen LogP contribution in [0.15, 0.2) is 76.0 Å². The minimum atomic E-state index is -3.87. The monoisotopic (exact) mass is 463 g/mol. The van der Waals surface area contributed by atoms with Crippen molar-refractivity contribution in [3.8, 4) is 0 Å². The van der Waals surface area contributed by atoms with Gasteiger partial charge in [-0.15, -0.1) is 16.4 Å². The molecule has 0 fully saturated rings. The predicted molar refractivity (Wildman–Crippen MR) is 126 cm³/mol. The van der Waals surface area contributed by atoms with Crippen molar-refractivity contribution in [1.29, 1.82) is 0 Å². The summed E-state index contributed by atoms with van der Waals surface area (Å²) >= 11 is 1.56. The molecule has 162 valence electrons. The van der Waals surface area contributed by atoms with Crippen molar-refractivity contribution in [2.45, 2.75) is 30.3 Å². The lowest BCUT2D eigenvalue weighted by Crippen LogP contribution is -2.23. The first-order valence-electron chi connectivity index (χ1n) is 10.2. The minimum Gasteiger partial charge on any atom is -0.351 e. The van der Waals surface area contributed by atoms with Crippen LogP contribution >= 0.6 is 11.3 Å². The Labute approximate surface area is 189 Å². The van der Waals surface area contributed by atoms with E-state index in [1.54, 1.807) is 35.6 Å². The molecule has 0 saturated carbocycles. The molecule has 0 unspecified atom stereocenters. The number of hydrogen-bond acceptors (Lipinski definition) is 7. The number of sulfone groups is 1. The lowest BCUT2D eigenvalue weighted by Gasteiger charge is -2.23. The fraction of sp³-hybridized carbons (Fsp3) is 0.174. The van der Waals surface area contributed by atoms with Crippen LogP contribution in [0.3, 0.4) is 0 Å². The zero-order valence-corrected chi connectivity index (χ0v) is 19.3. The van der Waals surface area contributed by atoms with Crippen LogP contribution in [0, 0.1) is 6.92 Å². The van der Waals surface area contributed by atoms with Crippen molar-refractivity contribution >= 4 is 42.9 Å². The van der Waals surface area contributed by atoms with Crippen molar-refractivity contribution in [3.05, 3.63) is 77.2 Å². The number of rotatable bonds is 6. The smallest absolute Gasteiger partial charge is 0.229 e. The van der Waals surface area contributed by atoms with Crippen LogP contribution in [0.2, 0.25) is 0 Å². The fourth-order valence-electron chi connectivity index (χ4n) is 3.67. The van der Waals surface area contributed by atoms with Gasteiger partial charge in [-0.05, 0) is 43.0 Å². The van der Waals surface area contributed by atoms with Gasteiger partial charge in [-0.3, -0.25) is 0 Å². The zero-order valence-electron chi connectivity index (χ0n) is 17.6. The Balaban J connectivity index is 1.69. The van der Waals surface area contributed by atoms with E-state index in [-0.39, 0.29) is 15.6 Å². The first kappa shape index (κ1) is 20.6. The number of hydrogen-bond donors (Lipinski definition) is 0. The normalized spacial score (nSPS) is 11.9. The van der Waals surface area contributed by atoms with Crippen LogP contribution in [0.1, 0.15) is 18.1 Å². The van der Waals surface area contributed by atoms with Crippen LogP contribution in [-0.2, 0) is 16.4 Å². The van der Waals surface area contributed by atoms with Gasteiger partial charge >= 0.3 is 0 Å². The summed E-state index contributed by atoms with van der Waals surface area (Å²) in [5, 5.41) is 10.0. The van der Waals surface area contributed by atoms with Crippen molar-refractivity contribution in [2.75, 3.05) is 11.4 Å². The molecular formula is C23H21N5O2S2. The molecule has 5 aromatic rings. The molecule has 0 atom stereocenters. The highest BCUT2D eigenvalue weighted by atomic mass is 32.2.